The van der Waals surface area contributed by atoms with E-state index in [4.69, 9.17) is 16.0 Å². The van der Waals surface area contributed by atoms with Crippen LogP contribution in [0.3, 0.4) is 0 Å². The van der Waals surface area contributed by atoms with Crippen LogP contribution in [0.5, 0.6) is 0 Å². The standard InChI is InChI=1S/C21H25ClN4O4S/c1-24-19-7-6-18(15-20(19)30-21(24)27)31(28,29)23-8-3-9-25-10-12-26(13-11-25)17-5-2-4-16(22)14-17/h2,4-7,14-15,23H,3,8-13H2,1H3. The quantitative estimate of drug-likeness (QED) is 0.540. The SMILES string of the molecule is Cn1c(=O)oc2cc(S(=O)(=O)NCCCN3CCN(c4cccc(Cl)c4)CC3)ccc21. The minimum absolute atomic E-state index is 0.0875. The van der Waals surface area contributed by atoms with E-state index in [2.05, 4.69) is 20.6 Å². The number of anilines is 1. The number of fused-ring (bicyclic) bond motifs is 1. The molecule has 2 heterocycles. The molecular weight excluding hydrogens is 440 g/mol. The van der Waals surface area contributed by atoms with Gasteiger partial charge in [0.2, 0.25) is 10.0 Å². The van der Waals surface area contributed by atoms with Crippen LogP contribution in [0.1, 0.15) is 6.42 Å². The lowest BCUT2D eigenvalue weighted by Crippen LogP contribution is -2.47. The second kappa shape index (κ2) is 9.04. The third-order valence-electron chi connectivity index (χ3n) is 5.56. The van der Waals surface area contributed by atoms with Crippen LogP contribution in [-0.4, -0.2) is 57.2 Å². The molecule has 8 nitrogen and oxygen atoms in total. The van der Waals surface area contributed by atoms with Crippen LogP contribution in [0.2, 0.25) is 5.02 Å². The maximum absolute atomic E-state index is 12.6. The van der Waals surface area contributed by atoms with Gasteiger partial charge in [-0.05, 0) is 43.3 Å². The Bertz CT molecular complexity index is 1230. The molecule has 166 valence electrons. The summed E-state index contributed by atoms with van der Waals surface area (Å²) in [6, 6.07) is 12.3. The Labute approximate surface area is 186 Å². The number of halogens is 1. The average Bonchev–Trinajstić information content (AvgIpc) is 3.05. The summed E-state index contributed by atoms with van der Waals surface area (Å²) in [6.45, 7) is 4.82. The summed E-state index contributed by atoms with van der Waals surface area (Å²) < 4.78 is 34.2. The summed E-state index contributed by atoms with van der Waals surface area (Å²) in [5, 5.41) is 0.737. The van der Waals surface area contributed by atoms with Gasteiger partial charge in [-0.25, -0.2) is 17.9 Å². The van der Waals surface area contributed by atoms with Gasteiger partial charge in [0.15, 0.2) is 5.58 Å². The number of rotatable bonds is 7. The van der Waals surface area contributed by atoms with E-state index in [1.807, 2.05) is 18.2 Å². The fraction of sp³-hybridized carbons (Fsp3) is 0.381. The molecule has 10 heteroatoms. The van der Waals surface area contributed by atoms with Crippen molar-refractivity contribution in [1.29, 1.82) is 0 Å². The van der Waals surface area contributed by atoms with Crippen LogP contribution < -0.4 is 15.4 Å². The Morgan fingerprint density at radius 3 is 2.61 bits per heavy atom. The summed E-state index contributed by atoms with van der Waals surface area (Å²) in [7, 11) is -2.09. The topological polar surface area (TPSA) is 87.8 Å². The van der Waals surface area contributed by atoms with Gasteiger partial charge >= 0.3 is 5.76 Å². The number of sulfonamides is 1. The molecule has 0 bridgehead atoms. The van der Waals surface area contributed by atoms with E-state index in [1.165, 1.54) is 16.7 Å². The highest BCUT2D eigenvalue weighted by molar-refractivity contribution is 7.89. The number of piperazine rings is 1. The van der Waals surface area contributed by atoms with Gasteiger partial charge in [-0.3, -0.25) is 9.47 Å². The number of hydrogen-bond acceptors (Lipinski definition) is 6. The third kappa shape index (κ3) is 4.95. The highest BCUT2D eigenvalue weighted by atomic mass is 35.5. The molecule has 0 atom stereocenters. The molecule has 3 aromatic rings. The van der Waals surface area contributed by atoms with Gasteiger partial charge in [0.05, 0.1) is 10.4 Å². The van der Waals surface area contributed by atoms with Crippen LogP contribution in [0.4, 0.5) is 5.69 Å². The average molecular weight is 465 g/mol. The molecule has 0 amide bonds. The highest BCUT2D eigenvalue weighted by Crippen LogP contribution is 2.21. The van der Waals surface area contributed by atoms with E-state index in [0.717, 1.165) is 43.4 Å². The Hall–Kier alpha value is -2.33. The fourth-order valence-electron chi connectivity index (χ4n) is 3.78. The number of nitrogens with zero attached hydrogens (tertiary/aromatic N) is 3. The van der Waals surface area contributed by atoms with Gasteiger partial charge in [-0.15, -0.1) is 0 Å². The van der Waals surface area contributed by atoms with Gasteiger partial charge in [0.25, 0.3) is 0 Å². The number of nitrogens with one attached hydrogen (secondary N) is 1. The van der Waals surface area contributed by atoms with Crippen molar-refractivity contribution in [2.45, 2.75) is 11.3 Å². The normalized spacial score (nSPS) is 15.6. The van der Waals surface area contributed by atoms with Crippen LogP contribution in [0, 0.1) is 0 Å². The van der Waals surface area contributed by atoms with Crippen LogP contribution >= 0.6 is 11.6 Å². The van der Waals surface area contributed by atoms with Crippen molar-refractivity contribution in [2.75, 3.05) is 44.2 Å². The number of hydrogen-bond donors (Lipinski definition) is 1. The number of aryl methyl sites for hydroxylation is 1. The molecule has 1 N–H and O–H groups in total. The summed E-state index contributed by atoms with van der Waals surface area (Å²) in [4.78, 5) is 16.3. The number of oxazole rings is 1. The molecule has 1 saturated heterocycles. The Morgan fingerprint density at radius 1 is 1.10 bits per heavy atom. The molecule has 0 saturated carbocycles. The smallest absolute Gasteiger partial charge is 0.408 e. The third-order valence-corrected chi connectivity index (χ3v) is 7.26. The molecule has 0 spiro atoms. The van der Waals surface area contributed by atoms with Crippen molar-refractivity contribution in [3.8, 4) is 0 Å². The van der Waals surface area contributed by atoms with Gasteiger partial charge in [-0.1, -0.05) is 17.7 Å². The highest BCUT2D eigenvalue weighted by Gasteiger charge is 2.19. The Kier molecular flexibility index (Phi) is 6.38. The molecule has 0 radical (unpaired) electrons. The van der Waals surface area contributed by atoms with Crippen molar-refractivity contribution in [3.05, 3.63) is 58.0 Å². The summed E-state index contributed by atoms with van der Waals surface area (Å²) >= 11 is 6.08. The zero-order chi connectivity index (χ0) is 22.0. The molecule has 0 aliphatic carbocycles. The predicted octanol–water partition coefficient (Wildman–Crippen LogP) is 2.28. The number of aromatic nitrogens is 1. The maximum Gasteiger partial charge on any atom is 0.419 e. The first-order valence-corrected chi connectivity index (χ1v) is 12.0. The molecule has 1 aromatic heterocycles. The second-order valence-corrected chi connectivity index (χ2v) is 9.82. The molecule has 2 aromatic carbocycles. The van der Waals surface area contributed by atoms with Crippen molar-refractivity contribution in [1.82, 2.24) is 14.2 Å². The first-order valence-electron chi connectivity index (χ1n) is 10.2. The molecule has 4 rings (SSSR count). The first-order chi connectivity index (χ1) is 14.8. The van der Waals surface area contributed by atoms with Gasteiger partial charge in [-0.2, -0.15) is 0 Å². The van der Waals surface area contributed by atoms with E-state index in [0.29, 0.717) is 18.5 Å². The minimum Gasteiger partial charge on any atom is -0.408 e. The summed E-state index contributed by atoms with van der Waals surface area (Å²) in [5.74, 6) is -0.520. The molecule has 31 heavy (non-hydrogen) atoms. The zero-order valence-electron chi connectivity index (χ0n) is 17.3. The Morgan fingerprint density at radius 2 is 1.87 bits per heavy atom. The van der Waals surface area contributed by atoms with Crippen LogP contribution in [-0.2, 0) is 17.1 Å². The van der Waals surface area contributed by atoms with Gasteiger partial charge in [0.1, 0.15) is 0 Å². The Balaban J connectivity index is 1.25. The minimum atomic E-state index is -3.67. The predicted molar refractivity (Wildman–Crippen MR) is 121 cm³/mol. The summed E-state index contributed by atoms with van der Waals surface area (Å²) in [5.41, 5.74) is 1.94. The largest absolute Gasteiger partial charge is 0.419 e. The van der Waals surface area contributed by atoms with Crippen LogP contribution in [0.25, 0.3) is 11.1 Å². The van der Waals surface area contributed by atoms with Crippen molar-refractivity contribution in [2.24, 2.45) is 7.05 Å². The lowest BCUT2D eigenvalue weighted by molar-refractivity contribution is 0.255. The van der Waals surface area contributed by atoms with E-state index in [1.54, 1.807) is 13.1 Å². The maximum atomic E-state index is 12.6. The first kappa shape index (κ1) is 21.9. The van der Waals surface area contributed by atoms with Crippen molar-refractivity contribution in [3.63, 3.8) is 0 Å². The molecule has 1 aliphatic heterocycles. The zero-order valence-corrected chi connectivity index (χ0v) is 18.8. The van der Waals surface area contributed by atoms with Gasteiger partial charge < -0.3 is 9.32 Å². The second-order valence-electron chi connectivity index (χ2n) is 7.62. The van der Waals surface area contributed by atoms with E-state index in [-0.39, 0.29) is 10.5 Å². The molecular formula is C21H25ClN4O4S. The van der Waals surface area contributed by atoms with Crippen molar-refractivity contribution >= 4 is 38.4 Å². The van der Waals surface area contributed by atoms with E-state index >= 15 is 0 Å². The monoisotopic (exact) mass is 464 g/mol. The van der Waals surface area contributed by atoms with Crippen molar-refractivity contribution < 1.29 is 12.8 Å². The lowest BCUT2D eigenvalue weighted by atomic mass is 10.2. The molecule has 1 fully saturated rings. The molecule has 1 aliphatic rings. The fourth-order valence-corrected chi connectivity index (χ4v) is 5.05. The lowest BCUT2D eigenvalue weighted by Gasteiger charge is -2.36. The van der Waals surface area contributed by atoms with E-state index in [9.17, 15) is 13.2 Å². The summed E-state index contributed by atoms with van der Waals surface area (Å²) in [6.07, 6.45) is 0.707. The van der Waals surface area contributed by atoms with Gasteiger partial charge in [0, 0.05) is 56.5 Å². The van der Waals surface area contributed by atoms with E-state index < -0.39 is 15.8 Å². The van der Waals surface area contributed by atoms with Crippen LogP contribution in [0.15, 0.2) is 56.6 Å². The number of benzene rings is 2. The molecule has 0 unspecified atom stereocenters.